The summed E-state index contributed by atoms with van der Waals surface area (Å²) in [4.78, 5) is 16.0. The fraction of sp³-hybridized carbons (Fsp3) is 0.571. The first-order chi connectivity index (χ1) is 8.70. The number of pyridine rings is 1. The molecule has 1 fully saturated rings. The molecular weight excluding hydrogens is 250 g/mol. The fourth-order valence-corrected chi connectivity index (χ4v) is 3.33. The Bertz CT molecular complexity index is 497. The Morgan fingerprint density at radius 1 is 1.44 bits per heavy atom. The number of aromatic nitrogens is 1. The van der Waals surface area contributed by atoms with Gasteiger partial charge in [-0.25, -0.2) is 9.78 Å². The molecule has 0 radical (unpaired) electrons. The second-order valence-electron chi connectivity index (χ2n) is 5.19. The number of fused-ring (bicyclic) bond motifs is 1. The predicted octanol–water partition coefficient (Wildman–Crippen LogP) is 3.35. The number of nitrogens with zero attached hydrogens (tertiary/aromatic N) is 1. The molecule has 1 aromatic rings. The number of ether oxygens (including phenoxy) is 1. The molecule has 2 aliphatic rings. The molecule has 0 bridgehead atoms. The SMILES string of the molecule is COC(=O)c1cc2c(nc1Cl)CCC2C1CCC1. The molecule has 3 rings (SSSR count). The van der Waals surface area contributed by atoms with E-state index in [9.17, 15) is 4.79 Å². The molecule has 4 heteroatoms. The van der Waals surface area contributed by atoms with Crippen LogP contribution in [0.5, 0.6) is 0 Å². The lowest BCUT2D eigenvalue weighted by Crippen LogP contribution is -2.19. The quantitative estimate of drug-likeness (QED) is 0.608. The number of hydrogen-bond donors (Lipinski definition) is 0. The fourth-order valence-electron chi connectivity index (χ4n) is 3.10. The maximum Gasteiger partial charge on any atom is 0.341 e. The minimum atomic E-state index is -0.394. The zero-order valence-corrected chi connectivity index (χ0v) is 11.2. The molecule has 18 heavy (non-hydrogen) atoms. The Morgan fingerprint density at radius 3 is 2.83 bits per heavy atom. The van der Waals surface area contributed by atoms with Crippen LogP contribution in [0, 0.1) is 5.92 Å². The lowest BCUT2D eigenvalue weighted by Gasteiger charge is -2.31. The zero-order chi connectivity index (χ0) is 12.7. The third-order valence-electron chi connectivity index (χ3n) is 4.30. The van der Waals surface area contributed by atoms with Crippen molar-refractivity contribution in [3.63, 3.8) is 0 Å². The average Bonchev–Trinajstić information content (AvgIpc) is 2.68. The third-order valence-corrected chi connectivity index (χ3v) is 4.59. The molecule has 0 amide bonds. The molecule has 1 unspecified atom stereocenters. The van der Waals surface area contributed by atoms with Gasteiger partial charge in [0.1, 0.15) is 5.15 Å². The monoisotopic (exact) mass is 265 g/mol. The summed E-state index contributed by atoms with van der Waals surface area (Å²) in [5, 5.41) is 0.273. The Labute approximate surface area is 112 Å². The van der Waals surface area contributed by atoms with Crippen LogP contribution >= 0.6 is 11.6 Å². The van der Waals surface area contributed by atoms with E-state index in [1.807, 2.05) is 6.07 Å². The van der Waals surface area contributed by atoms with E-state index < -0.39 is 5.97 Å². The van der Waals surface area contributed by atoms with E-state index in [4.69, 9.17) is 16.3 Å². The van der Waals surface area contributed by atoms with E-state index in [1.165, 1.54) is 31.9 Å². The van der Waals surface area contributed by atoms with E-state index in [-0.39, 0.29) is 5.15 Å². The van der Waals surface area contributed by atoms with E-state index in [2.05, 4.69) is 4.98 Å². The highest BCUT2D eigenvalue weighted by Gasteiger charge is 2.35. The van der Waals surface area contributed by atoms with Gasteiger partial charge in [0.2, 0.25) is 0 Å². The van der Waals surface area contributed by atoms with Gasteiger partial charge >= 0.3 is 5.97 Å². The molecule has 2 aliphatic carbocycles. The van der Waals surface area contributed by atoms with E-state index >= 15 is 0 Å². The highest BCUT2D eigenvalue weighted by molar-refractivity contribution is 6.32. The van der Waals surface area contributed by atoms with E-state index in [0.717, 1.165) is 24.5 Å². The first-order valence-electron chi connectivity index (χ1n) is 6.48. The number of carbonyl (C=O) groups is 1. The summed E-state index contributed by atoms with van der Waals surface area (Å²) >= 11 is 6.04. The van der Waals surface area contributed by atoms with Gasteiger partial charge in [0.25, 0.3) is 0 Å². The van der Waals surface area contributed by atoms with Crippen molar-refractivity contribution in [1.82, 2.24) is 4.98 Å². The number of rotatable bonds is 2. The molecule has 0 spiro atoms. The van der Waals surface area contributed by atoms with Crippen molar-refractivity contribution in [2.45, 2.75) is 38.0 Å². The third kappa shape index (κ3) is 1.81. The van der Waals surface area contributed by atoms with E-state index in [1.54, 1.807) is 0 Å². The van der Waals surface area contributed by atoms with Gasteiger partial charge in [-0.1, -0.05) is 18.0 Å². The zero-order valence-electron chi connectivity index (χ0n) is 10.4. The lowest BCUT2D eigenvalue weighted by molar-refractivity contribution is 0.0600. The second-order valence-corrected chi connectivity index (χ2v) is 5.55. The number of carbonyl (C=O) groups excluding carboxylic acids is 1. The molecule has 1 atom stereocenters. The first-order valence-corrected chi connectivity index (χ1v) is 6.86. The van der Waals surface area contributed by atoms with Crippen LogP contribution in [0.4, 0.5) is 0 Å². The smallest absolute Gasteiger partial charge is 0.341 e. The molecule has 0 aromatic carbocycles. The van der Waals surface area contributed by atoms with Crippen LogP contribution in [0.3, 0.4) is 0 Å². The van der Waals surface area contributed by atoms with Crippen LogP contribution in [0.25, 0.3) is 0 Å². The van der Waals surface area contributed by atoms with Gasteiger partial charge in [-0.2, -0.15) is 0 Å². The second kappa shape index (κ2) is 4.54. The molecule has 96 valence electrons. The summed E-state index contributed by atoms with van der Waals surface area (Å²) < 4.78 is 4.75. The van der Waals surface area contributed by atoms with Crippen molar-refractivity contribution >= 4 is 17.6 Å². The molecule has 0 aliphatic heterocycles. The van der Waals surface area contributed by atoms with Crippen molar-refractivity contribution in [3.05, 3.63) is 28.0 Å². The van der Waals surface area contributed by atoms with Crippen LogP contribution in [-0.4, -0.2) is 18.1 Å². The van der Waals surface area contributed by atoms with Crippen molar-refractivity contribution in [1.29, 1.82) is 0 Å². The highest BCUT2D eigenvalue weighted by atomic mass is 35.5. The summed E-state index contributed by atoms with van der Waals surface area (Å²) in [5.41, 5.74) is 2.71. The van der Waals surface area contributed by atoms with Gasteiger partial charge in [-0.15, -0.1) is 0 Å². The van der Waals surface area contributed by atoms with Crippen LogP contribution in [0.15, 0.2) is 6.07 Å². The minimum absolute atomic E-state index is 0.273. The standard InChI is InChI=1S/C14H16ClNO2/c1-18-14(17)11-7-10-9(8-3-2-4-8)5-6-12(10)16-13(11)15/h7-9H,2-6H2,1H3. The number of methoxy groups -OCH3 is 1. The topological polar surface area (TPSA) is 39.2 Å². The first kappa shape index (κ1) is 12.0. The van der Waals surface area contributed by atoms with Gasteiger partial charge in [0, 0.05) is 5.69 Å². The largest absolute Gasteiger partial charge is 0.465 e. The van der Waals surface area contributed by atoms with Crippen molar-refractivity contribution in [2.75, 3.05) is 7.11 Å². The summed E-state index contributed by atoms with van der Waals surface area (Å²) in [6.45, 7) is 0. The highest BCUT2D eigenvalue weighted by Crippen LogP contribution is 2.46. The Hall–Kier alpha value is -1.09. The molecular formula is C14H16ClNO2. The maximum absolute atomic E-state index is 11.6. The Morgan fingerprint density at radius 2 is 2.22 bits per heavy atom. The summed E-state index contributed by atoms with van der Waals surface area (Å²) in [7, 11) is 1.37. The maximum atomic E-state index is 11.6. The van der Waals surface area contributed by atoms with Crippen LogP contribution in [0.1, 0.15) is 53.2 Å². The van der Waals surface area contributed by atoms with Crippen LogP contribution < -0.4 is 0 Å². The van der Waals surface area contributed by atoms with Crippen LogP contribution in [0.2, 0.25) is 5.15 Å². The molecule has 1 aromatic heterocycles. The predicted molar refractivity (Wildman–Crippen MR) is 69.0 cm³/mol. The number of aryl methyl sites for hydroxylation is 1. The Balaban J connectivity index is 1.98. The number of halogens is 1. The van der Waals surface area contributed by atoms with E-state index in [0.29, 0.717) is 11.5 Å². The molecule has 0 N–H and O–H groups in total. The molecule has 1 saturated carbocycles. The van der Waals surface area contributed by atoms with Crippen molar-refractivity contribution in [3.8, 4) is 0 Å². The minimum Gasteiger partial charge on any atom is -0.465 e. The number of hydrogen-bond acceptors (Lipinski definition) is 3. The molecule has 1 heterocycles. The van der Waals surface area contributed by atoms with Crippen molar-refractivity contribution in [2.24, 2.45) is 5.92 Å². The van der Waals surface area contributed by atoms with Gasteiger partial charge in [-0.05, 0) is 49.1 Å². The van der Waals surface area contributed by atoms with Gasteiger partial charge < -0.3 is 4.74 Å². The van der Waals surface area contributed by atoms with Crippen LogP contribution in [-0.2, 0) is 11.2 Å². The van der Waals surface area contributed by atoms with Gasteiger partial charge in [-0.3, -0.25) is 0 Å². The lowest BCUT2D eigenvalue weighted by atomic mass is 9.73. The summed E-state index contributed by atoms with van der Waals surface area (Å²) in [6.07, 6.45) is 6.08. The normalized spacial score (nSPS) is 22.4. The summed E-state index contributed by atoms with van der Waals surface area (Å²) in [5.74, 6) is 0.955. The summed E-state index contributed by atoms with van der Waals surface area (Å²) in [6, 6.07) is 1.91. The van der Waals surface area contributed by atoms with Gasteiger partial charge in [0.15, 0.2) is 0 Å². The molecule has 0 saturated heterocycles. The number of esters is 1. The van der Waals surface area contributed by atoms with Gasteiger partial charge in [0.05, 0.1) is 12.7 Å². The Kier molecular flexibility index (Phi) is 3.02. The average molecular weight is 266 g/mol. The molecule has 3 nitrogen and oxygen atoms in total. The van der Waals surface area contributed by atoms with Crippen molar-refractivity contribution < 1.29 is 9.53 Å².